The molecular formula is C8H5Cl2N3. The van der Waals surface area contributed by atoms with Crippen molar-refractivity contribution >= 4 is 34.1 Å². The standard InChI is InChI=1S/C8H5Cl2N3/c1-4-2-3-5-6(11-4)8(10)13-12-7(5)9/h2-3H,1H3. The van der Waals surface area contributed by atoms with Crippen molar-refractivity contribution in [3.63, 3.8) is 0 Å². The topological polar surface area (TPSA) is 38.7 Å². The number of rotatable bonds is 0. The van der Waals surface area contributed by atoms with Gasteiger partial charge in [-0.05, 0) is 19.1 Å². The highest BCUT2D eigenvalue weighted by Gasteiger charge is 2.06. The highest BCUT2D eigenvalue weighted by atomic mass is 35.5. The van der Waals surface area contributed by atoms with Gasteiger partial charge < -0.3 is 0 Å². The first-order valence-electron chi connectivity index (χ1n) is 3.63. The smallest absolute Gasteiger partial charge is 0.178 e. The molecule has 0 aliphatic heterocycles. The van der Waals surface area contributed by atoms with Gasteiger partial charge in [-0.3, -0.25) is 0 Å². The summed E-state index contributed by atoms with van der Waals surface area (Å²) in [4.78, 5) is 4.22. The van der Waals surface area contributed by atoms with E-state index in [2.05, 4.69) is 15.2 Å². The Bertz CT molecular complexity index is 470. The lowest BCUT2D eigenvalue weighted by molar-refractivity contribution is 1.04. The minimum atomic E-state index is 0.281. The molecule has 2 aromatic heterocycles. The van der Waals surface area contributed by atoms with Crippen molar-refractivity contribution in [1.29, 1.82) is 0 Å². The monoisotopic (exact) mass is 213 g/mol. The molecule has 3 nitrogen and oxygen atoms in total. The van der Waals surface area contributed by atoms with Crippen molar-refractivity contribution in [3.8, 4) is 0 Å². The van der Waals surface area contributed by atoms with E-state index in [4.69, 9.17) is 23.2 Å². The molecule has 0 aliphatic rings. The first-order chi connectivity index (χ1) is 6.18. The third kappa shape index (κ3) is 1.45. The van der Waals surface area contributed by atoms with Crippen molar-refractivity contribution in [2.75, 3.05) is 0 Å². The lowest BCUT2D eigenvalue weighted by atomic mass is 10.3. The van der Waals surface area contributed by atoms with Gasteiger partial charge in [-0.15, -0.1) is 10.2 Å². The summed E-state index contributed by atoms with van der Waals surface area (Å²) in [6.45, 7) is 1.88. The molecule has 2 heterocycles. The molecule has 0 amide bonds. The van der Waals surface area contributed by atoms with Gasteiger partial charge in [0.25, 0.3) is 0 Å². The second-order valence-electron chi connectivity index (χ2n) is 2.63. The van der Waals surface area contributed by atoms with Gasteiger partial charge >= 0.3 is 0 Å². The number of pyridine rings is 1. The molecule has 66 valence electrons. The summed E-state index contributed by atoms with van der Waals surface area (Å²) in [5.74, 6) is 0. The largest absolute Gasteiger partial charge is 0.250 e. The third-order valence-electron chi connectivity index (χ3n) is 1.68. The lowest BCUT2D eigenvalue weighted by Gasteiger charge is -2.00. The van der Waals surface area contributed by atoms with E-state index in [1.165, 1.54) is 0 Å². The summed E-state index contributed by atoms with van der Waals surface area (Å²) >= 11 is 11.6. The summed E-state index contributed by atoms with van der Waals surface area (Å²) in [5.41, 5.74) is 1.47. The normalized spacial score (nSPS) is 10.7. The number of nitrogens with zero attached hydrogens (tertiary/aromatic N) is 3. The van der Waals surface area contributed by atoms with E-state index >= 15 is 0 Å². The van der Waals surface area contributed by atoms with Crippen LogP contribution < -0.4 is 0 Å². The van der Waals surface area contributed by atoms with E-state index in [1.807, 2.05) is 19.1 Å². The van der Waals surface area contributed by atoms with Crippen molar-refractivity contribution < 1.29 is 0 Å². The Hall–Kier alpha value is -0.930. The molecule has 2 aromatic rings. The maximum atomic E-state index is 5.81. The average Bonchev–Trinajstić information content (AvgIpc) is 2.12. The Kier molecular flexibility index (Phi) is 2.06. The maximum Gasteiger partial charge on any atom is 0.178 e. The van der Waals surface area contributed by atoms with E-state index in [0.29, 0.717) is 10.7 Å². The van der Waals surface area contributed by atoms with Crippen LogP contribution in [0.15, 0.2) is 12.1 Å². The zero-order valence-corrected chi connectivity index (χ0v) is 8.26. The van der Waals surface area contributed by atoms with Gasteiger partial charge in [0.15, 0.2) is 10.3 Å². The maximum absolute atomic E-state index is 5.81. The van der Waals surface area contributed by atoms with E-state index in [0.717, 1.165) is 11.1 Å². The lowest BCUT2D eigenvalue weighted by Crippen LogP contribution is -1.90. The van der Waals surface area contributed by atoms with Gasteiger partial charge in [-0.25, -0.2) is 4.98 Å². The van der Waals surface area contributed by atoms with Crippen LogP contribution in [0.3, 0.4) is 0 Å². The van der Waals surface area contributed by atoms with E-state index in [9.17, 15) is 0 Å². The zero-order chi connectivity index (χ0) is 9.42. The Morgan fingerprint density at radius 1 is 1.08 bits per heavy atom. The van der Waals surface area contributed by atoms with Crippen molar-refractivity contribution in [1.82, 2.24) is 15.2 Å². The first kappa shape index (κ1) is 8.66. The molecule has 0 aliphatic carbocycles. The van der Waals surface area contributed by atoms with Gasteiger partial charge in [-0.2, -0.15) is 0 Å². The Morgan fingerprint density at radius 2 is 1.77 bits per heavy atom. The fourth-order valence-electron chi connectivity index (χ4n) is 1.07. The Morgan fingerprint density at radius 3 is 2.54 bits per heavy atom. The minimum Gasteiger partial charge on any atom is -0.250 e. The summed E-state index contributed by atoms with van der Waals surface area (Å²) in [6.07, 6.45) is 0. The van der Waals surface area contributed by atoms with Gasteiger partial charge in [0, 0.05) is 11.1 Å². The quantitative estimate of drug-likeness (QED) is 0.676. The third-order valence-corrected chi connectivity index (χ3v) is 2.21. The average molecular weight is 214 g/mol. The SMILES string of the molecule is Cc1ccc2c(Cl)nnc(Cl)c2n1. The van der Waals surface area contributed by atoms with Crippen LogP contribution in [0.25, 0.3) is 10.9 Å². The number of aryl methyl sites for hydroxylation is 1. The molecule has 0 aromatic carbocycles. The second kappa shape index (κ2) is 3.09. The highest BCUT2D eigenvalue weighted by molar-refractivity contribution is 6.37. The van der Waals surface area contributed by atoms with Crippen LogP contribution in [0.2, 0.25) is 10.3 Å². The summed E-state index contributed by atoms with van der Waals surface area (Å²) in [5, 5.41) is 8.68. The van der Waals surface area contributed by atoms with Crippen molar-refractivity contribution in [2.45, 2.75) is 6.92 Å². The van der Waals surface area contributed by atoms with E-state index in [-0.39, 0.29) is 5.15 Å². The molecule has 13 heavy (non-hydrogen) atoms. The van der Waals surface area contributed by atoms with Crippen LogP contribution in [0, 0.1) is 6.92 Å². The second-order valence-corrected chi connectivity index (χ2v) is 3.35. The van der Waals surface area contributed by atoms with Crippen molar-refractivity contribution in [3.05, 3.63) is 28.1 Å². The number of hydrogen-bond donors (Lipinski definition) is 0. The summed E-state index contributed by atoms with van der Waals surface area (Å²) in [6, 6.07) is 3.69. The molecule has 0 fully saturated rings. The number of aromatic nitrogens is 3. The molecule has 2 rings (SSSR count). The number of halogens is 2. The summed E-state index contributed by atoms with van der Waals surface area (Å²) in [7, 11) is 0. The van der Waals surface area contributed by atoms with Crippen LogP contribution in [0.1, 0.15) is 5.69 Å². The molecule has 0 spiro atoms. The van der Waals surface area contributed by atoms with E-state index < -0.39 is 0 Å². The molecule has 0 atom stereocenters. The van der Waals surface area contributed by atoms with Gasteiger partial charge in [0.05, 0.1) is 0 Å². The fraction of sp³-hybridized carbons (Fsp3) is 0.125. The van der Waals surface area contributed by atoms with Crippen LogP contribution >= 0.6 is 23.2 Å². The Balaban J connectivity index is 2.92. The predicted octanol–water partition coefficient (Wildman–Crippen LogP) is 2.64. The van der Waals surface area contributed by atoms with Gasteiger partial charge in [0.2, 0.25) is 0 Å². The van der Waals surface area contributed by atoms with E-state index in [1.54, 1.807) is 0 Å². The van der Waals surface area contributed by atoms with Crippen molar-refractivity contribution in [2.24, 2.45) is 0 Å². The number of fused-ring (bicyclic) bond motifs is 1. The van der Waals surface area contributed by atoms with Crippen LogP contribution in [0.4, 0.5) is 0 Å². The van der Waals surface area contributed by atoms with Gasteiger partial charge in [-0.1, -0.05) is 23.2 Å². The molecule has 0 N–H and O–H groups in total. The summed E-state index contributed by atoms with van der Waals surface area (Å²) < 4.78 is 0. The molecule has 0 saturated heterocycles. The van der Waals surface area contributed by atoms with Crippen LogP contribution in [-0.4, -0.2) is 15.2 Å². The molecular weight excluding hydrogens is 209 g/mol. The molecule has 0 bridgehead atoms. The zero-order valence-electron chi connectivity index (χ0n) is 6.75. The highest BCUT2D eigenvalue weighted by Crippen LogP contribution is 2.23. The predicted molar refractivity (Wildman–Crippen MR) is 52.1 cm³/mol. The van der Waals surface area contributed by atoms with Crippen LogP contribution in [0.5, 0.6) is 0 Å². The molecule has 0 unspecified atom stereocenters. The molecule has 0 radical (unpaired) electrons. The first-order valence-corrected chi connectivity index (χ1v) is 4.39. The molecule has 5 heteroatoms. The van der Waals surface area contributed by atoms with Gasteiger partial charge in [0.1, 0.15) is 5.52 Å². The minimum absolute atomic E-state index is 0.281. The molecule has 0 saturated carbocycles. The number of hydrogen-bond acceptors (Lipinski definition) is 3. The fourth-order valence-corrected chi connectivity index (χ4v) is 1.44. The van der Waals surface area contributed by atoms with Crippen LogP contribution in [-0.2, 0) is 0 Å². The Labute approximate surface area is 84.7 Å².